The Hall–Kier alpha value is -3.22. The molecular weight excluding hydrogens is 338 g/mol. The highest BCUT2D eigenvalue weighted by Gasteiger charge is 2.20. The Balaban J connectivity index is 1.43. The predicted molar refractivity (Wildman–Crippen MR) is 108 cm³/mol. The van der Waals surface area contributed by atoms with Gasteiger partial charge in [0.2, 0.25) is 0 Å². The zero-order valence-corrected chi connectivity index (χ0v) is 15.6. The summed E-state index contributed by atoms with van der Waals surface area (Å²) in [6.45, 7) is 5.65. The van der Waals surface area contributed by atoms with E-state index in [1.165, 1.54) is 5.56 Å². The zero-order valence-electron chi connectivity index (χ0n) is 15.6. The van der Waals surface area contributed by atoms with Crippen LogP contribution in [-0.2, 0) is 0 Å². The number of nitrogens with zero attached hydrogens (tertiary/aromatic N) is 6. The fraction of sp³-hybridized carbons (Fsp3) is 0.300. The first-order valence-electron chi connectivity index (χ1n) is 9.14. The van der Waals surface area contributed by atoms with E-state index >= 15 is 0 Å². The number of benzene rings is 1. The summed E-state index contributed by atoms with van der Waals surface area (Å²) >= 11 is 0. The van der Waals surface area contributed by atoms with Crippen LogP contribution in [0.2, 0.25) is 0 Å². The van der Waals surface area contributed by atoms with Gasteiger partial charge in [0.15, 0.2) is 5.82 Å². The van der Waals surface area contributed by atoms with E-state index < -0.39 is 0 Å². The molecule has 1 N–H and O–H groups in total. The Kier molecular flexibility index (Phi) is 4.82. The molecule has 0 amide bonds. The number of piperazine rings is 1. The molecule has 3 aromatic rings. The number of aryl methyl sites for hydroxylation is 1. The van der Waals surface area contributed by atoms with Crippen LogP contribution in [-0.4, -0.2) is 53.4 Å². The lowest BCUT2D eigenvalue weighted by Gasteiger charge is -2.35. The highest BCUT2D eigenvalue weighted by molar-refractivity contribution is 5.63. The first-order valence-corrected chi connectivity index (χ1v) is 9.14. The number of rotatable bonds is 4. The monoisotopic (exact) mass is 361 g/mol. The second kappa shape index (κ2) is 7.57. The lowest BCUT2D eigenvalue weighted by molar-refractivity contribution is 0.638. The van der Waals surface area contributed by atoms with E-state index in [1.807, 2.05) is 25.2 Å². The van der Waals surface area contributed by atoms with E-state index in [-0.39, 0.29) is 0 Å². The number of hydrogen-bond acceptors (Lipinski definition) is 7. The average molecular weight is 361 g/mol. The van der Waals surface area contributed by atoms with Gasteiger partial charge in [0.25, 0.3) is 0 Å². The van der Waals surface area contributed by atoms with Crippen LogP contribution in [0.3, 0.4) is 0 Å². The van der Waals surface area contributed by atoms with E-state index in [1.54, 1.807) is 6.33 Å². The Morgan fingerprint density at radius 2 is 1.59 bits per heavy atom. The smallest absolute Gasteiger partial charge is 0.151 e. The van der Waals surface area contributed by atoms with E-state index in [4.69, 9.17) is 0 Å². The SMILES string of the molecule is CNc1cc(N2CCN(c3ccc(-c4ccccc4C)nn3)CC2)ncn1. The summed E-state index contributed by atoms with van der Waals surface area (Å²) in [5.74, 6) is 2.71. The van der Waals surface area contributed by atoms with Crippen LogP contribution in [0.1, 0.15) is 5.56 Å². The fourth-order valence-electron chi connectivity index (χ4n) is 3.32. The quantitative estimate of drug-likeness (QED) is 0.766. The molecule has 0 saturated carbocycles. The molecule has 1 aliphatic heterocycles. The summed E-state index contributed by atoms with van der Waals surface area (Å²) in [6, 6.07) is 14.3. The van der Waals surface area contributed by atoms with Crippen molar-refractivity contribution in [2.24, 2.45) is 0 Å². The maximum Gasteiger partial charge on any atom is 0.151 e. The molecule has 0 aliphatic carbocycles. The average Bonchev–Trinajstić information content (AvgIpc) is 2.74. The standard InChI is InChI=1S/C20H23N7/c1-15-5-3-4-6-16(15)17-7-8-19(25-24-17)26-9-11-27(12-10-26)20-13-18(21-2)22-14-23-20/h3-8,13-14H,9-12H2,1-2H3,(H,21,22,23). The molecule has 1 aromatic carbocycles. The normalized spacial score (nSPS) is 14.3. The van der Waals surface area contributed by atoms with Crippen LogP contribution in [0.15, 0.2) is 48.8 Å². The van der Waals surface area contributed by atoms with E-state index in [9.17, 15) is 0 Å². The van der Waals surface area contributed by atoms with Gasteiger partial charge in [-0.05, 0) is 24.6 Å². The molecule has 1 aliphatic rings. The van der Waals surface area contributed by atoms with Crippen molar-refractivity contribution < 1.29 is 0 Å². The van der Waals surface area contributed by atoms with Crippen molar-refractivity contribution in [1.82, 2.24) is 20.2 Å². The van der Waals surface area contributed by atoms with Gasteiger partial charge in [-0.15, -0.1) is 10.2 Å². The van der Waals surface area contributed by atoms with Crippen LogP contribution in [0.5, 0.6) is 0 Å². The molecule has 0 unspecified atom stereocenters. The molecular formula is C20H23N7. The maximum atomic E-state index is 4.47. The highest BCUT2D eigenvalue weighted by Crippen LogP contribution is 2.23. The third kappa shape index (κ3) is 3.67. The number of hydrogen-bond donors (Lipinski definition) is 1. The molecule has 1 saturated heterocycles. The number of nitrogens with one attached hydrogen (secondary N) is 1. The Morgan fingerprint density at radius 1 is 0.852 bits per heavy atom. The van der Waals surface area contributed by atoms with E-state index in [2.05, 4.69) is 66.5 Å². The maximum absolute atomic E-state index is 4.47. The Morgan fingerprint density at radius 3 is 2.26 bits per heavy atom. The van der Waals surface area contributed by atoms with Crippen molar-refractivity contribution in [2.75, 3.05) is 48.3 Å². The predicted octanol–water partition coefficient (Wildman–Crippen LogP) is 2.61. The summed E-state index contributed by atoms with van der Waals surface area (Å²) in [7, 11) is 1.86. The molecule has 0 atom stereocenters. The topological polar surface area (TPSA) is 70.1 Å². The summed E-state index contributed by atoms with van der Waals surface area (Å²) in [5.41, 5.74) is 3.25. The van der Waals surface area contributed by atoms with Crippen LogP contribution in [0.4, 0.5) is 17.5 Å². The number of anilines is 3. The van der Waals surface area contributed by atoms with Gasteiger partial charge >= 0.3 is 0 Å². The molecule has 0 radical (unpaired) electrons. The van der Waals surface area contributed by atoms with Crippen LogP contribution in [0.25, 0.3) is 11.3 Å². The summed E-state index contributed by atoms with van der Waals surface area (Å²) in [6.07, 6.45) is 1.60. The Bertz CT molecular complexity index is 902. The van der Waals surface area contributed by atoms with Crippen molar-refractivity contribution >= 4 is 17.5 Å². The molecule has 138 valence electrons. The molecule has 2 aromatic heterocycles. The van der Waals surface area contributed by atoms with E-state index in [0.717, 1.165) is 54.9 Å². The van der Waals surface area contributed by atoms with Crippen molar-refractivity contribution in [3.8, 4) is 11.3 Å². The molecule has 7 heteroatoms. The molecule has 7 nitrogen and oxygen atoms in total. The molecule has 0 bridgehead atoms. The summed E-state index contributed by atoms with van der Waals surface area (Å²) < 4.78 is 0. The lowest BCUT2D eigenvalue weighted by atomic mass is 10.1. The second-order valence-corrected chi connectivity index (χ2v) is 6.58. The van der Waals surface area contributed by atoms with E-state index in [0.29, 0.717) is 0 Å². The summed E-state index contributed by atoms with van der Waals surface area (Å²) in [5, 5.41) is 12.0. The van der Waals surface area contributed by atoms with Crippen molar-refractivity contribution in [3.05, 3.63) is 54.4 Å². The minimum absolute atomic E-state index is 0.833. The van der Waals surface area contributed by atoms with Gasteiger partial charge in [0.1, 0.15) is 18.0 Å². The van der Waals surface area contributed by atoms with Crippen LogP contribution >= 0.6 is 0 Å². The largest absolute Gasteiger partial charge is 0.373 e. The third-order valence-electron chi connectivity index (χ3n) is 4.91. The lowest BCUT2D eigenvalue weighted by Crippen LogP contribution is -2.47. The molecule has 3 heterocycles. The van der Waals surface area contributed by atoms with Crippen molar-refractivity contribution in [2.45, 2.75) is 6.92 Å². The van der Waals surface area contributed by atoms with Crippen LogP contribution < -0.4 is 15.1 Å². The minimum atomic E-state index is 0.833. The van der Waals surface area contributed by atoms with Gasteiger partial charge in [-0.1, -0.05) is 24.3 Å². The fourth-order valence-corrected chi connectivity index (χ4v) is 3.32. The van der Waals surface area contributed by atoms with Gasteiger partial charge in [-0.25, -0.2) is 9.97 Å². The molecule has 4 rings (SSSR count). The first kappa shape index (κ1) is 17.2. The van der Waals surface area contributed by atoms with Gasteiger partial charge in [-0.3, -0.25) is 0 Å². The van der Waals surface area contributed by atoms with Gasteiger partial charge < -0.3 is 15.1 Å². The highest BCUT2D eigenvalue weighted by atomic mass is 15.3. The Labute approximate surface area is 159 Å². The molecule has 0 spiro atoms. The molecule has 27 heavy (non-hydrogen) atoms. The van der Waals surface area contributed by atoms with Crippen LogP contribution in [0, 0.1) is 6.92 Å². The van der Waals surface area contributed by atoms with Gasteiger partial charge in [0, 0.05) is 44.9 Å². The third-order valence-corrected chi connectivity index (χ3v) is 4.91. The van der Waals surface area contributed by atoms with Gasteiger partial charge in [-0.2, -0.15) is 0 Å². The van der Waals surface area contributed by atoms with Gasteiger partial charge in [0.05, 0.1) is 5.69 Å². The zero-order chi connectivity index (χ0) is 18.6. The second-order valence-electron chi connectivity index (χ2n) is 6.58. The van der Waals surface area contributed by atoms with Crippen molar-refractivity contribution in [3.63, 3.8) is 0 Å². The summed E-state index contributed by atoms with van der Waals surface area (Å²) in [4.78, 5) is 13.1. The first-order chi connectivity index (χ1) is 13.2. The molecule has 1 fully saturated rings. The number of aromatic nitrogens is 4. The van der Waals surface area contributed by atoms with Crippen molar-refractivity contribution in [1.29, 1.82) is 0 Å². The minimum Gasteiger partial charge on any atom is -0.373 e.